The predicted molar refractivity (Wildman–Crippen MR) is 73.6 cm³/mol. The van der Waals surface area contributed by atoms with Gasteiger partial charge in [-0.3, -0.25) is 0 Å². The van der Waals surface area contributed by atoms with Gasteiger partial charge in [0.1, 0.15) is 0 Å². The Morgan fingerprint density at radius 2 is 2.18 bits per heavy atom. The zero-order valence-electron chi connectivity index (χ0n) is 11.8. The number of hydrogen-bond acceptors (Lipinski definition) is 1. The zero-order chi connectivity index (χ0) is 12.9. The second-order valence-electron chi connectivity index (χ2n) is 5.91. The Balaban J connectivity index is 2.64. The van der Waals surface area contributed by atoms with Crippen molar-refractivity contribution in [3.05, 3.63) is 22.8 Å². The van der Waals surface area contributed by atoms with E-state index in [1.165, 1.54) is 31.3 Å². The SMILES string of the molecule is CC1=C(CC/C(C)=C\CC#N)C(C)(C)CCC1. The molecular weight excluding hydrogens is 206 g/mol. The van der Waals surface area contributed by atoms with Crippen molar-refractivity contribution in [3.8, 4) is 6.07 Å². The number of hydrogen-bond donors (Lipinski definition) is 0. The van der Waals surface area contributed by atoms with Crippen molar-refractivity contribution >= 4 is 0 Å². The third-order valence-electron chi connectivity index (χ3n) is 4.00. The maximum atomic E-state index is 8.55. The minimum atomic E-state index is 0.387. The normalized spacial score (nSPS) is 20.3. The van der Waals surface area contributed by atoms with Gasteiger partial charge in [0, 0.05) is 0 Å². The molecule has 0 aromatic carbocycles. The highest BCUT2D eigenvalue weighted by Gasteiger charge is 2.27. The fourth-order valence-electron chi connectivity index (χ4n) is 2.87. The average molecular weight is 231 g/mol. The second-order valence-corrected chi connectivity index (χ2v) is 5.91. The fourth-order valence-corrected chi connectivity index (χ4v) is 2.87. The monoisotopic (exact) mass is 231 g/mol. The van der Waals surface area contributed by atoms with Gasteiger partial charge in [0.15, 0.2) is 0 Å². The first-order valence-corrected chi connectivity index (χ1v) is 6.69. The van der Waals surface area contributed by atoms with Gasteiger partial charge in [0.25, 0.3) is 0 Å². The molecule has 17 heavy (non-hydrogen) atoms. The summed E-state index contributed by atoms with van der Waals surface area (Å²) in [7, 11) is 0. The highest BCUT2D eigenvalue weighted by atomic mass is 14.3. The van der Waals surface area contributed by atoms with Crippen molar-refractivity contribution in [2.75, 3.05) is 0 Å². The third-order valence-corrected chi connectivity index (χ3v) is 4.00. The summed E-state index contributed by atoms with van der Waals surface area (Å²) < 4.78 is 0. The Kier molecular flexibility index (Phi) is 5.00. The maximum Gasteiger partial charge on any atom is 0.0663 e. The van der Waals surface area contributed by atoms with Crippen LogP contribution in [0.25, 0.3) is 0 Å². The Bertz CT molecular complexity index is 363. The van der Waals surface area contributed by atoms with Crippen molar-refractivity contribution < 1.29 is 0 Å². The molecule has 94 valence electrons. The van der Waals surface area contributed by atoms with Gasteiger partial charge in [-0.05, 0) is 51.4 Å². The molecule has 0 bridgehead atoms. The molecule has 0 amide bonds. The van der Waals surface area contributed by atoms with Gasteiger partial charge in [-0.2, -0.15) is 5.26 Å². The van der Waals surface area contributed by atoms with E-state index in [4.69, 9.17) is 5.26 Å². The lowest BCUT2D eigenvalue weighted by atomic mass is 9.71. The van der Waals surface area contributed by atoms with Gasteiger partial charge in [-0.1, -0.05) is 36.6 Å². The van der Waals surface area contributed by atoms with Crippen molar-refractivity contribution in [3.63, 3.8) is 0 Å². The van der Waals surface area contributed by atoms with Crippen molar-refractivity contribution in [2.45, 2.75) is 66.2 Å². The summed E-state index contributed by atoms with van der Waals surface area (Å²) >= 11 is 0. The number of rotatable bonds is 4. The molecule has 0 saturated carbocycles. The smallest absolute Gasteiger partial charge is 0.0663 e. The van der Waals surface area contributed by atoms with Crippen LogP contribution in [0.1, 0.15) is 66.2 Å². The highest BCUT2D eigenvalue weighted by molar-refractivity contribution is 5.23. The van der Waals surface area contributed by atoms with Crippen LogP contribution in [-0.4, -0.2) is 0 Å². The molecule has 0 N–H and O–H groups in total. The molecule has 0 fully saturated rings. The largest absolute Gasteiger partial charge is 0.198 e. The summed E-state index contributed by atoms with van der Waals surface area (Å²) in [6.07, 6.45) is 8.83. The Morgan fingerprint density at radius 3 is 2.76 bits per heavy atom. The first kappa shape index (κ1) is 14.0. The number of nitrogens with zero attached hydrogens (tertiary/aromatic N) is 1. The van der Waals surface area contributed by atoms with Crippen molar-refractivity contribution in [1.29, 1.82) is 5.26 Å². The van der Waals surface area contributed by atoms with Crippen LogP contribution in [-0.2, 0) is 0 Å². The topological polar surface area (TPSA) is 23.8 Å². The minimum Gasteiger partial charge on any atom is -0.198 e. The van der Waals surface area contributed by atoms with E-state index in [2.05, 4.69) is 39.8 Å². The molecule has 0 unspecified atom stereocenters. The van der Waals surface area contributed by atoms with E-state index in [-0.39, 0.29) is 0 Å². The molecule has 0 spiro atoms. The molecule has 1 nitrogen and oxygen atoms in total. The summed E-state index contributed by atoms with van der Waals surface area (Å²) in [5, 5.41) is 8.55. The zero-order valence-corrected chi connectivity index (χ0v) is 11.8. The molecule has 0 aliphatic heterocycles. The quantitative estimate of drug-likeness (QED) is 0.613. The van der Waals surface area contributed by atoms with Crippen LogP contribution in [0, 0.1) is 16.7 Å². The van der Waals surface area contributed by atoms with Crippen LogP contribution in [0.15, 0.2) is 22.8 Å². The van der Waals surface area contributed by atoms with Crippen LogP contribution >= 0.6 is 0 Å². The second kappa shape index (κ2) is 6.05. The molecule has 1 heteroatoms. The molecule has 1 aliphatic carbocycles. The number of nitriles is 1. The van der Waals surface area contributed by atoms with E-state index >= 15 is 0 Å². The summed E-state index contributed by atoms with van der Waals surface area (Å²) in [6, 6.07) is 2.17. The molecule has 0 aromatic heterocycles. The Labute approximate surface area is 106 Å². The Hall–Kier alpha value is -1.03. The fraction of sp³-hybridized carbons (Fsp3) is 0.688. The average Bonchev–Trinajstić information content (AvgIpc) is 2.24. The van der Waals surface area contributed by atoms with Gasteiger partial charge in [-0.25, -0.2) is 0 Å². The Morgan fingerprint density at radius 1 is 1.47 bits per heavy atom. The van der Waals surface area contributed by atoms with E-state index in [1.807, 2.05) is 0 Å². The van der Waals surface area contributed by atoms with Gasteiger partial charge >= 0.3 is 0 Å². The first-order valence-electron chi connectivity index (χ1n) is 6.69. The van der Waals surface area contributed by atoms with Crippen LogP contribution < -0.4 is 0 Å². The lowest BCUT2D eigenvalue weighted by Crippen LogP contribution is -2.20. The van der Waals surface area contributed by atoms with Crippen LogP contribution in [0.4, 0.5) is 0 Å². The lowest BCUT2D eigenvalue weighted by Gasteiger charge is -2.34. The molecule has 0 radical (unpaired) electrons. The van der Waals surface area contributed by atoms with Crippen LogP contribution in [0.2, 0.25) is 0 Å². The highest BCUT2D eigenvalue weighted by Crippen LogP contribution is 2.42. The summed E-state index contributed by atoms with van der Waals surface area (Å²) in [4.78, 5) is 0. The van der Waals surface area contributed by atoms with E-state index in [0.717, 1.165) is 6.42 Å². The van der Waals surface area contributed by atoms with Gasteiger partial charge < -0.3 is 0 Å². The van der Waals surface area contributed by atoms with E-state index in [9.17, 15) is 0 Å². The predicted octanol–water partition coefficient (Wildman–Crippen LogP) is 5.15. The minimum absolute atomic E-state index is 0.387. The molecule has 0 heterocycles. The van der Waals surface area contributed by atoms with E-state index < -0.39 is 0 Å². The van der Waals surface area contributed by atoms with Crippen LogP contribution in [0.3, 0.4) is 0 Å². The van der Waals surface area contributed by atoms with Gasteiger partial charge in [-0.15, -0.1) is 0 Å². The summed E-state index contributed by atoms with van der Waals surface area (Å²) in [5.74, 6) is 0. The number of allylic oxidation sites excluding steroid dienone is 4. The molecule has 0 atom stereocenters. The lowest BCUT2D eigenvalue weighted by molar-refractivity contribution is 0.354. The summed E-state index contributed by atoms with van der Waals surface area (Å²) in [6.45, 7) is 9.19. The molecular formula is C16H25N. The molecule has 0 aromatic rings. The first-order chi connectivity index (χ1) is 7.97. The van der Waals surface area contributed by atoms with Crippen LogP contribution in [0.5, 0.6) is 0 Å². The summed E-state index contributed by atoms with van der Waals surface area (Å²) in [5.41, 5.74) is 5.01. The van der Waals surface area contributed by atoms with Gasteiger partial charge in [0.2, 0.25) is 0 Å². The maximum absolute atomic E-state index is 8.55. The molecule has 1 aliphatic rings. The van der Waals surface area contributed by atoms with Crippen molar-refractivity contribution in [1.82, 2.24) is 0 Å². The van der Waals surface area contributed by atoms with E-state index in [0.29, 0.717) is 11.8 Å². The standard InChI is InChI=1S/C16H25N/c1-13(7-6-12-17)9-10-15-14(2)8-5-11-16(15,3)4/h7H,5-6,8-11H2,1-4H3/b13-7-. The molecule has 1 rings (SSSR count). The van der Waals surface area contributed by atoms with Gasteiger partial charge in [0.05, 0.1) is 12.5 Å². The van der Waals surface area contributed by atoms with Crippen molar-refractivity contribution in [2.24, 2.45) is 5.41 Å². The molecule has 0 saturated heterocycles. The third kappa shape index (κ3) is 4.04. The van der Waals surface area contributed by atoms with E-state index in [1.54, 1.807) is 11.1 Å².